The maximum atomic E-state index is 13.0. The summed E-state index contributed by atoms with van der Waals surface area (Å²) in [6.45, 7) is 0. The average molecular weight is 440 g/mol. The van der Waals surface area contributed by atoms with Crippen molar-refractivity contribution >= 4 is 27.1 Å². The van der Waals surface area contributed by atoms with Crippen LogP contribution in [0.3, 0.4) is 0 Å². The van der Waals surface area contributed by atoms with Gasteiger partial charge in [0.05, 0.1) is 11.8 Å². The first-order chi connectivity index (χ1) is 14.4. The average Bonchev–Trinajstić information content (AvgIpc) is 3.25. The molecule has 30 heavy (non-hydrogen) atoms. The van der Waals surface area contributed by atoms with E-state index in [2.05, 4.69) is 23.5 Å². The fourth-order valence-corrected chi connectivity index (χ4v) is 5.58. The van der Waals surface area contributed by atoms with Crippen molar-refractivity contribution in [3.05, 3.63) is 92.7 Å². The highest BCUT2D eigenvalue weighted by Crippen LogP contribution is 2.30. The predicted molar refractivity (Wildman–Crippen MR) is 122 cm³/mol. The lowest BCUT2D eigenvalue weighted by atomic mass is 9.89. The van der Waals surface area contributed by atoms with Gasteiger partial charge in [0, 0.05) is 16.7 Å². The highest BCUT2D eigenvalue weighted by Gasteiger charge is 2.21. The Hall–Kier alpha value is -2.44. The third-order valence-electron chi connectivity index (χ3n) is 5.45. The molecule has 0 bridgehead atoms. The minimum Gasteiger partial charge on any atom is -0.340 e. The highest BCUT2D eigenvalue weighted by molar-refractivity contribution is 7.89. The molecule has 0 saturated carbocycles. The van der Waals surface area contributed by atoms with Crippen LogP contribution >= 0.6 is 11.3 Å². The number of hydrogen-bond donors (Lipinski definition) is 1. The number of aryl methyl sites for hydroxylation is 2. The molecular weight excluding hydrogens is 414 g/mol. The van der Waals surface area contributed by atoms with E-state index in [1.807, 2.05) is 17.5 Å². The molecule has 0 fully saturated rings. The fourth-order valence-electron chi connectivity index (χ4n) is 3.98. The number of benzene rings is 2. The molecule has 6 heteroatoms. The summed E-state index contributed by atoms with van der Waals surface area (Å²) in [5.74, 6) is -0.195. The van der Waals surface area contributed by atoms with Gasteiger partial charge in [-0.3, -0.25) is 4.79 Å². The van der Waals surface area contributed by atoms with Crippen LogP contribution in [0.2, 0.25) is 0 Å². The SMILES string of the molecule is CS(=O)(=O)Cc1ccc(C(=O)NC(c2ccc3c(c2)CCCC3)c2cccs2)cc1. The Balaban J connectivity index is 1.58. The molecule has 1 heterocycles. The third-order valence-corrected chi connectivity index (χ3v) is 7.25. The van der Waals surface area contributed by atoms with Crippen LogP contribution in [0.1, 0.15) is 56.4 Å². The fraction of sp³-hybridized carbons (Fsp3) is 0.292. The highest BCUT2D eigenvalue weighted by atomic mass is 32.2. The standard InChI is InChI=1S/C24H25NO3S2/c1-30(27,28)16-17-8-10-19(11-9-17)24(26)25-23(22-7-4-14-29-22)21-13-12-18-5-2-3-6-20(18)15-21/h4,7-15,23H,2-3,5-6,16H2,1H3,(H,25,26). The molecule has 3 aromatic rings. The molecule has 0 aliphatic heterocycles. The Morgan fingerprint density at radius 2 is 1.77 bits per heavy atom. The molecule has 1 aromatic heterocycles. The topological polar surface area (TPSA) is 63.2 Å². The van der Waals surface area contributed by atoms with Crippen LogP contribution in [0.15, 0.2) is 60.0 Å². The monoisotopic (exact) mass is 439 g/mol. The minimum atomic E-state index is -3.10. The van der Waals surface area contributed by atoms with Crippen molar-refractivity contribution in [2.75, 3.05) is 6.26 Å². The molecule has 1 amide bonds. The summed E-state index contributed by atoms with van der Waals surface area (Å²) in [5.41, 5.74) is 5.10. The maximum absolute atomic E-state index is 13.0. The van der Waals surface area contributed by atoms with E-state index >= 15 is 0 Å². The van der Waals surface area contributed by atoms with Crippen molar-refractivity contribution in [3.63, 3.8) is 0 Å². The summed E-state index contributed by atoms with van der Waals surface area (Å²) < 4.78 is 23.0. The van der Waals surface area contributed by atoms with E-state index < -0.39 is 9.84 Å². The molecular formula is C24H25NO3S2. The summed E-state index contributed by atoms with van der Waals surface area (Å²) >= 11 is 1.63. The van der Waals surface area contributed by atoms with Crippen molar-refractivity contribution in [3.8, 4) is 0 Å². The van der Waals surface area contributed by atoms with Gasteiger partial charge in [-0.05, 0) is 71.5 Å². The van der Waals surface area contributed by atoms with E-state index in [1.165, 1.54) is 30.2 Å². The van der Waals surface area contributed by atoms with Crippen LogP contribution in [0.25, 0.3) is 0 Å². The van der Waals surface area contributed by atoms with E-state index in [9.17, 15) is 13.2 Å². The normalized spacial score (nSPS) is 14.7. The molecule has 0 saturated heterocycles. The van der Waals surface area contributed by atoms with E-state index in [-0.39, 0.29) is 17.7 Å². The minimum absolute atomic E-state index is 0.0259. The lowest BCUT2D eigenvalue weighted by molar-refractivity contribution is 0.0943. The molecule has 2 aromatic carbocycles. The van der Waals surface area contributed by atoms with Crippen molar-refractivity contribution in [1.82, 2.24) is 5.32 Å². The molecule has 1 N–H and O–H groups in total. The molecule has 4 rings (SSSR count). The number of carbonyl (C=O) groups excluding carboxylic acids is 1. The molecule has 4 nitrogen and oxygen atoms in total. The lowest BCUT2D eigenvalue weighted by Crippen LogP contribution is -2.29. The number of sulfone groups is 1. The number of amides is 1. The first-order valence-electron chi connectivity index (χ1n) is 10.1. The van der Waals surface area contributed by atoms with Gasteiger partial charge in [-0.1, -0.05) is 36.4 Å². The number of thiophene rings is 1. The number of carbonyl (C=O) groups is 1. The van der Waals surface area contributed by atoms with Gasteiger partial charge >= 0.3 is 0 Å². The van der Waals surface area contributed by atoms with Crippen molar-refractivity contribution in [1.29, 1.82) is 0 Å². The Morgan fingerprint density at radius 1 is 1.03 bits per heavy atom. The van der Waals surface area contributed by atoms with E-state index in [4.69, 9.17) is 0 Å². The summed E-state index contributed by atoms with van der Waals surface area (Å²) in [4.78, 5) is 14.1. The first kappa shape index (κ1) is 20.8. The van der Waals surface area contributed by atoms with Crippen molar-refractivity contribution in [2.45, 2.75) is 37.5 Å². The van der Waals surface area contributed by atoms with Crippen LogP contribution in [-0.4, -0.2) is 20.6 Å². The lowest BCUT2D eigenvalue weighted by Gasteiger charge is -2.22. The zero-order valence-corrected chi connectivity index (χ0v) is 18.6. The van der Waals surface area contributed by atoms with E-state index in [0.29, 0.717) is 11.1 Å². The molecule has 1 aliphatic carbocycles. The maximum Gasteiger partial charge on any atom is 0.252 e. The largest absolute Gasteiger partial charge is 0.340 e. The third kappa shape index (κ3) is 4.99. The zero-order chi connectivity index (χ0) is 21.1. The first-order valence-corrected chi connectivity index (χ1v) is 13.1. The Labute approximate surface area is 181 Å². The number of fused-ring (bicyclic) bond motifs is 1. The van der Waals surface area contributed by atoms with Crippen LogP contribution in [0.4, 0.5) is 0 Å². The summed E-state index contributed by atoms with van der Waals surface area (Å²) in [5, 5.41) is 5.20. The predicted octanol–water partition coefficient (Wildman–Crippen LogP) is 4.69. The van der Waals surface area contributed by atoms with Crippen molar-refractivity contribution < 1.29 is 13.2 Å². The number of hydrogen-bond acceptors (Lipinski definition) is 4. The van der Waals surface area contributed by atoms with Gasteiger partial charge in [0.15, 0.2) is 9.84 Å². The van der Waals surface area contributed by atoms with Gasteiger partial charge in [0.1, 0.15) is 0 Å². The van der Waals surface area contributed by atoms with Gasteiger partial charge < -0.3 is 5.32 Å². The molecule has 0 radical (unpaired) electrons. The van der Waals surface area contributed by atoms with Gasteiger partial charge in [-0.2, -0.15) is 0 Å². The molecule has 1 unspecified atom stereocenters. The van der Waals surface area contributed by atoms with Gasteiger partial charge in [0.25, 0.3) is 5.91 Å². The summed E-state index contributed by atoms with van der Waals surface area (Å²) in [7, 11) is -3.10. The Bertz CT molecular complexity index is 1130. The number of rotatable bonds is 6. The van der Waals surface area contributed by atoms with Crippen LogP contribution in [-0.2, 0) is 28.4 Å². The second-order valence-corrected chi connectivity index (χ2v) is 11.0. The molecule has 156 valence electrons. The Kier molecular flexibility index (Phi) is 6.06. The Morgan fingerprint density at radius 3 is 2.43 bits per heavy atom. The van der Waals surface area contributed by atoms with Gasteiger partial charge in [0.2, 0.25) is 0 Å². The number of nitrogens with one attached hydrogen (secondary N) is 1. The molecule has 1 atom stereocenters. The molecule has 0 spiro atoms. The van der Waals surface area contributed by atoms with Gasteiger partial charge in [-0.15, -0.1) is 11.3 Å². The van der Waals surface area contributed by atoms with E-state index in [1.54, 1.807) is 35.6 Å². The second-order valence-electron chi connectivity index (χ2n) is 7.92. The summed E-state index contributed by atoms with van der Waals surface area (Å²) in [6, 6.07) is 17.2. The molecule has 1 aliphatic rings. The quantitative estimate of drug-likeness (QED) is 0.606. The van der Waals surface area contributed by atoms with Gasteiger partial charge in [-0.25, -0.2) is 8.42 Å². The smallest absolute Gasteiger partial charge is 0.252 e. The summed E-state index contributed by atoms with van der Waals surface area (Å²) in [6.07, 6.45) is 5.89. The second kappa shape index (κ2) is 8.74. The van der Waals surface area contributed by atoms with Crippen LogP contribution < -0.4 is 5.32 Å². The zero-order valence-electron chi connectivity index (χ0n) is 16.9. The van der Waals surface area contributed by atoms with Crippen LogP contribution in [0, 0.1) is 0 Å². The van der Waals surface area contributed by atoms with Crippen molar-refractivity contribution in [2.24, 2.45) is 0 Å². The van der Waals surface area contributed by atoms with E-state index in [0.717, 1.165) is 23.3 Å². The van der Waals surface area contributed by atoms with Crippen LogP contribution in [0.5, 0.6) is 0 Å².